The Hall–Kier alpha value is -2.45. The number of benzene rings is 2. The van der Waals surface area contributed by atoms with Crippen molar-refractivity contribution in [3.8, 4) is 5.75 Å². The maximum atomic E-state index is 6.18. The molecule has 880 valence electrons. The van der Waals surface area contributed by atoms with Crippen LogP contribution in [0.4, 0.5) is 0 Å². The van der Waals surface area contributed by atoms with Gasteiger partial charge in [-0.15, -0.1) is 0 Å². The van der Waals surface area contributed by atoms with Gasteiger partial charge in [-0.2, -0.15) is 11.8 Å². The van der Waals surface area contributed by atoms with Crippen LogP contribution >= 0.6 is 11.8 Å². The molecule has 1 heterocycles. The Balaban J connectivity index is 0.000000289. The van der Waals surface area contributed by atoms with Gasteiger partial charge >= 0.3 is 0 Å². The molecule has 150 heavy (non-hydrogen) atoms. The van der Waals surface area contributed by atoms with E-state index in [1.54, 1.807) is 125 Å². The van der Waals surface area contributed by atoms with Gasteiger partial charge in [0.15, 0.2) is 69.2 Å². The molecule has 0 N–H and O–H groups in total. The summed E-state index contributed by atoms with van der Waals surface area (Å²) >= 11 is 1.88. The summed E-state index contributed by atoms with van der Waals surface area (Å²) in [5, 5.41) is 0. The van der Waals surface area contributed by atoms with E-state index < -0.39 is 0 Å². The lowest BCUT2D eigenvalue weighted by Gasteiger charge is -2.56. The molecular weight excluding hydrogens is 1930 g/mol. The van der Waals surface area contributed by atoms with Crippen molar-refractivity contribution in [2.45, 2.75) is 409 Å². The lowest BCUT2D eigenvalue weighted by Crippen LogP contribution is -2.53. The summed E-state index contributed by atoms with van der Waals surface area (Å²) in [7, 11) is 23.3. The Morgan fingerprint density at radius 1 is 0.367 bits per heavy atom. The highest BCUT2D eigenvalue weighted by Crippen LogP contribution is 2.69. The number of ether oxygens (including phenoxy) is 27. The number of hydrogen-bond donors (Lipinski definition) is 0. The molecule has 17 aliphatic rings. The first-order valence-electron chi connectivity index (χ1n) is 58.7. The third-order valence-electron chi connectivity index (χ3n) is 33.2. The fraction of sp³-hybridized carbons (Fsp3) is 0.902. The first kappa shape index (κ1) is 138. The maximum Gasteiger partial charge on any atom is 0.166 e. The summed E-state index contributed by atoms with van der Waals surface area (Å²) in [6.07, 6.45) is 48.9. The molecule has 1 aliphatic heterocycles. The number of hydrogen-bond acceptors (Lipinski definition) is 28. The van der Waals surface area contributed by atoms with Crippen LogP contribution in [-0.4, -0.2) is 278 Å². The average molecular weight is 2160 g/mol. The number of thioether (sulfide) groups is 1. The van der Waals surface area contributed by atoms with Gasteiger partial charge in [0.2, 0.25) is 0 Å². The SMILES string of the molecule is CCOC(CC)OC.CCOCOC.COC(C)OC12CC3CC(CC(C3)C1)C2.COC(C)OC1C2CC3CC(C2)CC1C3.COC(C)OC1CCCCC1.COC(C)OCC(C)C.COC(C)OCCC1CC2CC1C1C3CCC(C3)C21.COC(C)OCCC1CC2CCC1C2.COC(C)OCCC1CCCCC1.COC(C)OCCOc1ccccc1.COC(C)OCCc1ccccc1.COC1CSCCO1.COCOC. The van der Waals surface area contributed by atoms with E-state index in [4.69, 9.17) is 114 Å². The molecule has 1 saturated heterocycles. The normalized spacial score (nSPS) is 29.7. The molecule has 19 rings (SSSR count). The van der Waals surface area contributed by atoms with E-state index in [9.17, 15) is 0 Å². The molecule has 14 bridgehead atoms. The van der Waals surface area contributed by atoms with Crippen molar-refractivity contribution in [3.63, 3.8) is 0 Å². The third-order valence-corrected chi connectivity index (χ3v) is 34.2. The van der Waals surface area contributed by atoms with E-state index >= 15 is 0 Å². The van der Waals surface area contributed by atoms with E-state index in [2.05, 4.69) is 40.2 Å². The molecule has 2 aromatic carbocycles. The summed E-state index contributed by atoms with van der Waals surface area (Å²) in [5.41, 5.74) is 1.50. The van der Waals surface area contributed by atoms with E-state index in [1.807, 2.05) is 143 Å². The Labute approximate surface area is 918 Å². The fourth-order valence-corrected chi connectivity index (χ4v) is 26.7. The van der Waals surface area contributed by atoms with Gasteiger partial charge < -0.3 is 128 Å². The molecule has 2 aromatic rings. The van der Waals surface area contributed by atoms with E-state index in [0.29, 0.717) is 51.5 Å². The molecule has 21 unspecified atom stereocenters. The highest BCUT2D eigenvalue weighted by molar-refractivity contribution is 7.99. The van der Waals surface area contributed by atoms with Crippen LogP contribution in [0.1, 0.15) is 321 Å². The van der Waals surface area contributed by atoms with Crippen molar-refractivity contribution in [3.05, 3.63) is 66.2 Å². The number of fused-ring (bicyclic) bond motifs is 11. The van der Waals surface area contributed by atoms with Crippen LogP contribution in [0.2, 0.25) is 0 Å². The minimum atomic E-state index is -0.172. The molecule has 16 aliphatic carbocycles. The molecule has 0 amide bonds. The molecule has 0 spiro atoms. The second kappa shape index (κ2) is 83.7. The standard InChI is InChI=1S/C17H28O2.2C13H22O2.C12H22O2.C11H16O3.C11H22O2.C11H16O2.C9H18O2.C7H16O2.C6H14O2.C5H10O2S.C4H10O2.C3H8O2/c1-10(18-2)19-6-5-11-7-14-9-15(11)17-13-4-3-12(8-13)16(14)17;1-9(14-2)15-13-6-10-3-11(7-13)5-12(4-10)8-13;1-8(14-2)15-13-11-4-9-3-10(6-11)7-12(13)5-9;1-9(13-2)14-6-5-12-8-10-3-4-11(12)7-10;1-10(12-2)13-8-9-14-11-6-4-3-5-7-11;2*1-10(12-2)13-9-8-11-6-4-3-5-7-11;1-8(10-2)11-9-6-4-3-5-7-9;1-6(2)5-9-7(3)8-4;1-4-6(7-3)8-5-2;1-6-5-4-8-3-2-7-5;1-3-6-4-5-2;1-4-3-5-2/h10-17H,3-9H2,1-2H3;9-12H,3-8H2,1-2H3;8-13H,3-7H2,1-2H3;9-12H,3-8H2,1-2H3;3-7,10H,8-9H2,1-2H3;10-11H,3-9H2,1-2H3;3-7,10H,8-9H2,1-2H3;8-9H,3-7H2,1-2H3;6-7H,5H2,1-4H3;6H,4-5H2,1-3H3;5H,2-4H2,1H3;3-4H2,1-2H3;3H2,1-2H3. The lowest BCUT2D eigenvalue weighted by atomic mass is 9.54. The second-order valence-electron chi connectivity index (χ2n) is 44.5. The largest absolute Gasteiger partial charge is 0.491 e. The van der Waals surface area contributed by atoms with Crippen molar-refractivity contribution in [2.24, 2.45) is 112 Å². The molecule has 0 aromatic heterocycles. The molecule has 27 nitrogen and oxygen atoms in total. The van der Waals surface area contributed by atoms with Gasteiger partial charge in [0, 0.05) is 144 Å². The number of para-hydroxylation sites is 1. The first-order chi connectivity index (χ1) is 72.6. The van der Waals surface area contributed by atoms with Gasteiger partial charge in [-0.3, -0.25) is 0 Å². The topological polar surface area (TPSA) is 249 Å². The zero-order valence-corrected chi connectivity index (χ0v) is 101. The van der Waals surface area contributed by atoms with Gasteiger partial charge in [-0.05, 0) is 373 Å². The monoisotopic (exact) mass is 2150 g/mol. The number of rotatable bonds is 49. The van der Waals surface area contributed by atoms with Crippen LogP contribution in [0.5, 0.6) is 5.75 Å². The van der Waals surface area contributed by atoms with E-state index in [-0.39, 0.29) is 74.8 Å². The smallest absolute Gasteiger partial charge is 0.166 e. The van der Waals surface area contributed by atoms with Crippen molar-refractivity contribution in [2.75, 3.05) is 191 Å². The fourth-order valence-electron chi connectivity index (χ4n) is 25.9. The molecule has 21 atom stereocenters. The summed E-state index contributed by atoms with van der Waals surface area (Å²) < 4.78 is 140. The zero-order chi connectivity index (χ0) is 110. The van der Waals surface area contributed by atoms with E-state index in [0.717, 1.165) is 183 Å². The molecule has 28 heteroatoms. The molecule has 17 fully saturated rings. The van der Waals surface area contributed by atoms with Gasteiger partial charge in [-0.1, -0.05) is 127 Å². The Morgan fingerprint density at radius 2 is 0.840 bits per heavy atom. The molecule has 16 saturated carbocycles. The Morgan fingerprint density at radius 3 is 1.28 bits per heavy atom. The summed E-state index contributed by atoms with van der Waals surface area (Å²) in [6.45, 7) is 36.0. The highest BCUT2D eigenvalue weighted by atomic mass is 32.2. The van der Waals surface area contributed by atoms with Crippen molar-refractivity contribution < 1.29 is 128 Å². The van der Waals surface area contributed by atoms with Crippen LogP contribution < -0.4 is 4.74 Å². The average Bonchev–Trinajstić information content (AvgIpc) is 1.56. The molecule has 0 radical (unpaired) electrons. The van der Waals surface area contributed by atoms with Crippen LogP contribution in [-0.2, 0) is 130 Å². The van der Waals surface area contributed by atoms with Gasteiger partial charge in [0.25, 0.3) is 0 Å². The minimum Gasteiger partial charge on any atom is -0.491 e. The predicted molar refractivity (Wildman–Crippen MR) is 599 cm³/mol. The van der Waals surface area contributed by atoms with E-state index in [1.165, 1.54) is 192 Å². The first-order valence-corrected chi connectivity index (χ1v) is 59.8. The summed E-state index contributed by atoms with van der Waals surface area (Å²) in [5.74, 6) is 21.8. The minimum absolute atomic E-state index is 0.000000000000000444. The quantitative estimate of drug-likeness (QED) is 0.0339. The highest BCUT2D eigenvalue weighted by Gasteiger charge is 2.62. The predicted octanol–water partition coefficient (Wildman–Crippen LogP) is 26.6. The molecular formula is C122H224O27S. The van der Waals surface area contributed by atoms with Crippen molar-refractivity contribution >= 4 is 11.8 Å². The van der Waals surface area contributed by atoms with Crippen molar-refractivity contribution in [1.29, 1.82) is 0 Å². The van der Waals surface area contributed by atoms with Crippen LogP contribution in [0.3, 0.4) is 0 Å². The zero-order valence-electron chi connectivity index (χ0n) is 99.8. The Kier molecular flexibility index (Phi) is 77.0. The van der Waals surface area contributed by atoms with Crippen LogP contribution in [0.15, 0.2) is 60.7 Å². The van der Waals surface area contributed by atoms with Crippen LogP contribution in [0, 0.1) is 112 Å². The third kappa shape index (κ3) is 56.7. The second-order valence-corrected chi connectivity index (χ2v) is 45.7. The van der Waals surface area contributed by atoms with Crippen LogP contribution in [0.25, 0.3) is 0 Å². The maximum absolute atomic E-state index is 6.18. The van der Waals surface area contributed by atoms with Gasteiger partial charge in [-0.25, -0.2) is 0 Å². The van der Waals surface area contributed by atoms with Gasteiger partial charge in [0.05, 0.1) is 44.2 Å². The summed E-state index contributed by atoms with van der Waals surface area (Å²) in [6, 6.07) is 20.0. The van der Waals surface area contributed by atoms with Gasteiger partial charge in [0.1, 0.15) is 25.9 Å². The Bertz CT molecular complexity index is 3310. The lowest BCUT2D eigenvalue weighted by molar-refractivity contribution is -0.242. The number of methoxy groups -OCH3 is 14. The van der Waals surface area contributed by atoms with Crippen molar-refractivity contribution in [1.82, 2.24) is 0 Å². The summed E-state index contributed by atoms with van der Waals surface area (Å²) in [4.78, 5) is 0.